The first kappa shape index (κ1) is 56.0. The molecule has 356 valence electrons. The molecule has 0 aliphatic carbocycles. The van der Waals surface area contributed by atoms with E-state index in [2.05, 4.69) is 84.8 Å². The van der Waals surface area contributed by atoms with Gasteiger partial charge in [0.05, 0.1) is 6.42 Å². The van der Waals surface area contributed by atoms with E-state index in [1.165, 1.54) is 16.7 Å². The molecule has 4 atom stereocenters. The number of amides is 1. The number of carbonyl (C=O) groups is 4. The minimum Gasteiger partial charge on any atom is -0.481 e. The zero-order valence-electron chi connectivity index (χ0n) is 41.6. The molecule has 2 aromatic heterocycles. The number of benzene rings is 2. The minimum atomic E-state index is -0.746. The molecule has 0 spiro atoms. The number of carbonyl (C=O) groups excluding carboxylic acids is 3. The summed E-state index contributed by atoms with van der Waals surface area (Å²) in [5.41, 5.74) is 14.3. The zero-order chi connectivity index (χ0) is 48.6. The SMILES string of the molecule is CC(C)C[C@H](CC(=O)O)c1cccnc1.CCC(=O)c1ccc(C[C@@H](CN)N(C)C)c(C)c1.CCC(=O)c1ccc(C[C@@H](CNC(=O)C[C@@H](CC(C)C)c2cccnc2)N(C)C)c(C)c1. The summed E-state index contributed by atoms with van der Waals surface area (Å²) in [5.74, 6) is 0.955. The molecule has 1 amide bonds. The number of hydrogen-bond acceptors (Lipinski definition) is 9. The van der Waals surface area contributed by atoms with Crippen LogP contribution >= 0.6 is 0 Å². The van der Waals surface area contributed by atoms with Crippen LogP contribution in [0.4, 0.5) is 0 Å². The summed E-state index contributed by atoms with van der Waals surface area (Å²) in [5, 5.41) is 12.0. The lowest BCUT2D eigenvalue weighted by Crippen LogP contribution is -2.42. The van der Waals surface area contributed by atoms with Crippen LogP contribution in [-0.2, 0) is 22.4 Å². The van der Waals surface area contributed by atoms with Crippen LogP contribution in [0.1, 0.15) is 146 Å². The highest BCUT2D eigenvalue weighted by Gasteiger charge is 2.21. The van der Waals surface area contributed by atoms with E-state index in [1.807, 2.05) is 90.7 Å². The number of Topliss-reactive ketones (excluding diaryl/α,β-unsaturated/α-hetero) is 2. The highest BCUT2D eigenvalue weighted by Crippen LogP contribution is 2.28. The van der Waals surface area contributed by atoms with Crippen molar-refractivity contribution in [3.05, 3.63) is 130 Å². The van der Waals surface area contributed by atoms with Crippen LogP contribution in [0.5, 0.6) is 0 Å². The van der Waals surface area contributed by atoms with Crippen molar-refractivity contribution in [2.24, 2.45) is 17.6 Å². The van der Waals surface area contributed by atoms with Gasteiger partial charge < -0.3 is 26.0 Å². The van der Waals surface area contributed by atoms with Crippen LogP contribution in [0.2, 0.25) is 0 Å². The van der Waals surface area contributed by atoms with Gasteiger partial charge in [0.15, 0.2) is 11.6 Å². The molecule has 0 saturated carbocycles. The van der Waals surface area contributed by atoms with E-state index in [1.54, 1.807) is 18.6 Å². The molecule has 0 bridgehead atoms. The fourth-order valence-corrected chi connectivity index (χ4v) is 7.81. The van der Waals surface area contributed by atoms with Gasteiger partial charge in [-0.3, -0.25) is 29.1 Å². The van der Waals surface area contributed by atoms with E-state index in [4.69, 9.17) is 10.8 Å². The van der Waals surface area contributed by atoms with Gasteiger partial charge in [-0.05, 0) is 149 Å². The number of hydrogen-bond donors (Lipinski definition) is 3. The first-order valence-corrected chi connectivity index (χ1v) is 23.4. The molecular weight excluding hydrogens is 813 g/mol. The maximum atomic E-state index is 12.8. The topological polar surface area (TPSA) is 159 Å². The summed E-state index contributed by atoms with van der Waals surface area (Å²) >= 11 is 0. The van der Waals surface area contributed by atoms with Crippen LogP contribution in [0.15, 0.2) is 85.5 Å². The maximum Gasteiger partial charge on any atom is 0.303 e. The fourth-order valence-electron chi connectivity index (χ4n) is 7.81. The molecule has 0 unspecified atom stereocenters. The summed E-state index contributed by atoms with van der Waals surface area (Å²) in [4.78, 5) is 59.7. The molecule has 11 heteroatoms. The second kappa shape index (κ2) is 29.4. The number of nitrogens with zero attached hydrogens (tertiary/aromatic N) is 4. The van der Waals surface area contributed by atoms with Crippen molar-refractivity contribution < 1.29 is 24.3 Å². The second-order valence-corrected chi connectivity index (χ2v) is 18.5. The highest BCUT2D eigenvalue weighted by atomic mass is 16.4. The molecule has 4 rings (SSSR count). The van der Waals surface area contributed by atoms with Crippen molar-refractivity contribution in [3.8, 4) is 0 Å². The van der Waals surface area contributed by atoms with Gasteiger partial charge in [-0.2, -0.15) is 0 Å². The van der Waals surface area contributed by atoms with Crippen LogP contribution < -0.4 is 11.1 Å². The molecule has 4 aromatic rings. The Balaban J connectivity index is 0.000000370. The number of ketones is 2. The smallest absolute Gasteiger partial charge is 0.303 e. The Hall–Kier alpha value is -5.10. The van der Waals surface area contributed by atoms with E-state index in [-0.39, 0.29) is 41.8 Å². The predicted octanol–water partition coefficient (Wildman–Crippen LogP) is 9.50. The Labute approximate surface area is 391 Å². The molecule has 0 fully saturated rings. The van der Waals surface area contributed by atoms with Gasteiger partial charge in [0.25, 0.3) is 0 Å². The Morgan fingerprint density at radius 2 is 1.09 bits per heavy atom. The summed E-state index contributed by atoms with van der Waals surface area (Å²) in [6.45, 7) is 17.7. The van der Waals surface area contributed by atoms with Crippen LogP contribution in [-0.4, -0.2) is 102 Å². The lowest BCUT2D eigenvalue weighted by molar-refractivity contribution is -0.137. The van der Waals surface area contributed by atoms with E-state index in [0.29, 0.717) is 50.2 Å². The van der Waals surface area contributed by atoms with Crippen molar-refractivity contribution in [2.45, 2.75) is 131 Å². The van der Waals surface area contributed by atoms with Gasteiger partial charge in [0.1, 0.15) is 0 Å². The third kappa shape index (κ3) is 20.7. The molecule has 0 aliphatic rings. The fraction of sp³-hybridized carbons (Fsp3) is 0.519. The molecule has 0 saturated heterocycles. The molecule has 65 heavy (non-hydrogen) atoms. The van der Waals surface area contributed by atoms with Gasteiger partial charge in [-0.25, -0.2) is 0 Å². The lowest BCUT2D eigenvalue weighted by Gasteiger charge is -2.26. The predicted molar refractivity (Wildman–Crippen MR) is 266 cm³/mol. The average Bonchev–Trinajstić information content (AvgIpc) is 3.27. The molecule has 4 N–H and O–H groups in total. The van der Waals surface area contributed by atoms with Crippen LogP contribution in [0.25, 0.3) is 0 Å². The second-order valence-electron chi connectivity index (χ2n) is 18.5. The number of aryl methyl sites for hydroxylation is 2. The summed E-state index contributed by atoms with van der Waals surface area (Å²) < 4.78 is 0. The van der Waals surface area contributed by atoms with Crippen molar-refractivity contribution in [3.63, 3.8) is 0 Å². The summed E-state index contributed by atoms with van der Waals surface area (Å²) in [7, 11) is 8.17. The number of nitrogens with one attached hydrogen (secondary N) is 1. The van der Waals surface area contributed by atoms with E-state index < -0.39 is 5.97 Å². The number of carboxylic acid groups (broad SMARTS) is 1. The van der Waals surface area contributed by atoms with Gasteiger partial charge in [0, 0.05) is 80.3 Å². The molecule has 2 heterocycles. The minimum absolute atomic E-state index is 0.0759. The standard InChI is InChI=1S/C27H39N3O2.C15H24N2O.C12H17NO2/c1-7-26(31)22-11-10-21(20(4)14-22)15-25(30(5)6)18-29-27(32)16-24(13-19(2)3)23-9-8-12-28-17-23;1-5-15(18)13-7-6-12(11(2)8-13)9-14(10-16)17(3)4;1-9(2)6-11(7-12(14)15)10-4-3-5-13-8-10/h8-12,14,17,19,24-25H,7,13,15-16,18H2,1-6H3,(H,29,32);6-8,14H,5,9-10,16H2,1-4H3;3-5,8-9,11H,6-7H2,1-2H3,(H,14,15)/t24-,25+;14-;11-/m101/s1. The first-order chi connectivity index (χ1) is 30.8. The Morgan fingerprint density at radius 1 is 0.662 bits per heavy atom. The number of aliphatic carboxylic acids is 1. The number of likely N-dealkylation sites (N-methyl/N-ethyl adjacent to an activating group) is 2. The van der Waals surface area contributed by atoms with Crippen molar-refractivity contribution in [2.75, 3.05) is 41.3 Å². The normalized spacial score (nSPS) is 13.0. The monoisotopic (exact) mass is 893 g/mol. The zero-order valence-corrected chi connectivity index (χ0v) is 41.6. The quantitative estimate of drug-likeness (QED) is 0.0613. The highest BCUT2D eigenvalue weighted by molar-refractivity contribution is 5.96. The Morgan fingerprint density at radius 3 is 1.43 bits per heavy atom. The number of pyridine rings is 2. The van der Waals surface area contributed by atoms with Crippen molar-refractivity contribution in [1.29, 1.82) is 0 Å². The van der Waals surface area contributed by atoms with Gasteiger partial charge >= 0.3 is 5.97 Å². The molecule has 0 radical (unpaired) electrons. The van der Waals surface area contributed by atoms with Crippen molar-refractivity contribution in [1.82, 2.24) is 25.1 Å². The van der Waals surface area contributed by atoms with E-state index in [9.17, 15) is 19.2 Å². The Bertz CT molecular complexity index is 2040. The molecule has 0 aliphatic heterocycles. The number of aromatic nitrogens is 2. The molecular formula is C54H80N6O5. The largest absolute Gasteiger partial charge is 0.481 e. The average molecular weight is 893 g/mol. The number of carboxylic acids is 1. The van der Waals surface area contributed by atoms with E-state index in [0.717, 1.165) is 53.5 Å². The van der Waals surface area contributed by atoms with Crippen LogP contribution in [0, 0.1) is 25.7 Å². The van der Waals surface area contributed by atoms with Gasteiger partial charge in [0.2, 0.25) is 5.91 Å². The number of nitrogens with two attached hydrogens (primary N) is 1. The van der Waals surface area contributed by atoms with Gasteiger partial charge in [-0.15, -0.1) is 0 Å². The Kier molecular flexibility index (Phi) is 25.4. The third-order valence-corrected chi connectivity index (χ3v) is 11.8. The third-order valence-electron chi connectivity index (χ3n) is 11.8. The first-order valence-electron chi connectivity index (χ1n) is 23.4. The van der Waals surface area contributed by atoms with Crippen LogP contribution in [0.3, 0.4) is 0 Å². The summed E-state index contributed by atoms with van der Waals surface area (Å²) in [6.07, 6.45) is 12.4. The molecule has 2 aromatic carbocycles. The van der Waals surface area contributed by atoms with Gasteiger partial charge in [-0.1, -0.05) is 77.9 Å². The molecule has 11 nitrogen and oxygen atoms in total. The van der Waals surface area contributed by atoms with E-state index >= 15 is 0 Å². The maximum absolute atomic E-state index is 12.8. The lowest BCUT2D eigenvalue weighted by atomic mass is 9.88. The summed E-state index contributed by atoms with van der Waals surface area (Å²) in [6, 6.07) is 20.2. The number of rotatable bonds is 23. The van der Waals surface area contributed by atoms with Crippen molar-refractivity contribution >= 4 is 23.4 Å².